The average Bonchev–Trinajstić information content (AvgIpc) is 2.72. The first-order chi connectivity index (χ1) is 18.3. The summed E-state index contributed by atoms with van der Waals surface area (Å²) in [6.45, 7) is 0. The Morgan fingerprint density at radius 1 is 0.442 bits per heavy atom. The molecule has 0 spiro atoms. The molecule has 0 saturated heterocycles. The van der Waals surface area contributed by atoms with Crippen molar-refractivity contribution in [2.24, 2.45) is 5.41 Å². The van der Waals surface area contributed by atoms with Gasteiger partial charge in [0.15, 0.2) is 0 Å². The van der Waals surface area contributed by atoms with Crippen LogP contribution < -0.4 is 0 Å². The summed E-state index contributed by atoms with van der Waals surface area (Å²) in [5.74, 6) is -58.9. The highest BCUT2D eigenvalue weighted by Crippen LogP contribution is 2.80. The summed E-state index contributed by atoms with van der Waals surface area (Å²) in [4.78, 5) is 21.8. The molecule has 0 aliphatic heterocycles. The Bertz CT molecular complexity index is 1110. The van der Waals surface area contributed by atoms with E-state index in [2.05, 4.69) is 0 Å². The van der Waals surface area contributed by atoms with E-state index in [1.165, 1.54) is 0 Å². The fraction of sp³-hybridized carbons (Fsp3) is 0.882. The molecule has 0 radical (unpaired) electrons. The molecule has 26 heteroatoms. The van der Waals surface area contributed by atoms with Gasteiger partial charge in [-0.3, -0.25) is 0 Å². The number of hydrogen-bond acceptors (Lipinski definition) is 2. The number of carbonyl (C=O) groups is 2. The van der Waals surface area contributed by atoms with Gasteiger partial charge < -0.3 is 10.2 Å². The lowest BCUT2D eigenvalue weighted by atomic mass is 9.47. The predicted octanol–water partition coefficient (Wildman–Crippen LogP) is 6.72. The molecule has 0 aromatic carbocycles. The molecule has 2 aliphatic carbocycles. The molecule has 0 bridgehead atoms. The van der Waals surface area contributed by atoms with Crippen LogP contribution in [0.1, 0.15) is 12.8 Å². The Hall–Kier alpha value is -2.60. The van der Waals surface area contributed by atoms with Gasteiger partial charge in [0, 0.05) is 0 Å². The molecule has 2 saturated carbocycles. The fourth-order valence-corrected chi connectivity index (χ4v) is 5.15. The zero-order valence-corrected chi connectivity index (χ0v) is 18.9. The van der Waals surface area contributed by atoms with Crippen LogP contribution >= 0.6 is 0 Å². The van der Waals surface area contributed by atoms with Gasteiger partial charge in [-0.05, 0) is 0 Å². The minimum atomic E-state index is -9.48. The molecule has 4 unspecified atom stereocenters. The minimum absolute atomic E-state index is 5.02. The molecule has 4 nitrogen and oxygen atoms in total. The lowest BCUT2D eigenvalue weighted by molar-refractivity contribution is -0.507. The standard InChI is InChI=1S/C17H6F22O4/c18-5(1-7(20,21)14(30,31)9(24,3(40)41)12(5,26)27)11(16(34,35)36,17(37,38)39)6(19)2-8(22,23)15(32,33)10(25,4(42)43)13(6,28)29/h1-2H2,(H,40,41)(H,42,43). The van der Waals surface area contributed by atoms with Crippen LogP contribution in [0.15, 0.2) is 0 Å². The van der Waals surface area contributed by atoms with Crippen molar-refractivity contribution in [1.29, 1.82) is 0 Å². The van der Waals surface area contributed by atoms with Crippen molar-refractivity contribution < 1.29 is 116 Å². The van der Waals surface area contributed by atoms with Gasteiger partial charge in [-0.25, -0.2) is 27.2 Å². The highest BCUT2D eigenvalue weighted by molar-refractivity contribution is 5.83. The van der Waals surface area contributed by atoms with Gasteiger partial charge in [0.25, 0.3) is 0 Å². The first-order valence-electron chi connectivity index (χ1n) is 9.93. The Morgan fingerprint density at radius 2 is 0.651 bits per heavy atom. The van der Waals surface area contributed by atoms with Crippen LogP contribution in [0.3, 0.4) is 0 Å². The van der Waals surface area contributed by atoms with Gasteiger partial charge >= 0.3 is 71.2 Å². The lowest BCUT2D eigenvalue weighted by Gasteiger charge is -2.63. The Kier molecular flexibility index (Phi) is 7.11. The van der Waals surface area contributed by atoms with Crippen molar-refractivity contribution in [3.05, 3.63) is 0 Å². The molecule has 0 aromatic rings. The van der Waals surface area contributed by atoms with E-state index in [0.717, 1.165) is 0 Å². The third-order valence-corrected chi connectivity index (χ3v) is 7.20. The average molecular weight is 692 g/mol. The Balaban J connectivity index is 3.50. The molecule has 4 atom stereocenters. The molecule has 2 N–H and O–H groups in total. The summed E-state index contributed by atoms with van der Waals surface area (Å²) in [7, 11) is 0. The third kappa shape index (κ3) is 3.29. The van der Waals surface area contributed by atoms with E-state index in [9.17, 15) is 97.4 Å². The minimum Gasteiger partial charge on any atom is -0.479 e. The number of rotatable bonds is 4. The van der Waals surface area contributed by atoms with E-state index in [1.54, 1.807) is 0 Å². The lowest BCUT2D eigenvalue weighted by Crippen LogP contribution is -2.92. The van der Waals surface area contributed by atoms with Crippen molar-refractivity contribution in [1.82, 2.24) is 0 Å². The number of hydrogen-bond donors (Lipinski definition) is 2. The Morgan fingerprint density at radius 3 is 0.814 bits per heavy atom. The van der Waals surface area contributed by atoms with Crippen LogP contribution in [-0.2, 0) is 9.59 Å². The molecule has 0 aromatic heterocycles. The van der Waals surface area contributed by atoms with Gasteiger partial charge in [0.2, 0.25) is 16.8 Å². The quantitative estimate of drug-likeness (QED) is 0.321. The number of alkyl halides is 22. The predicted molar refractivity (Wildman–Crippen MR) is 84.1 cm³/mol. The molecular weight excluding hydrogens is 686 g/mol. The maximum atomic E-state index is 15.8. The van der Waals surface area contributed by atoms with E-state index in [-0.39, 0.29) is 0 Å². The number of carboxylic acids is 2. The zero-order chi connectivity index (χ0) is 35.1. The van der Waals surface area contributed by atoms with Crippen LogP contribution in [0.25, 0.3) is 0 Å². The summed E-state index contributed by atoms with van der Waals surface area (Å²) < 4.78 is 318. The summed E-state index contributed by atoms with van der Waals surface area (Å²) in [6, 6.07) is 0. The van der Waals surface area contributed by atoms with Crippen molar-refractivity contribution in [2.75, 3.05) is 0 Å². The van der Waals surface area contributed by atoms with E-state index < -0.39 is 101 Å². The van der Waals surface area contributed by atoms with Crippen LogP contribution in [0, 0.1) is 5.41 Å². The van der Waals surface area contributed by atoms with Crippen molar-refractivity contribution in [3.8, 4) is 0 Å². The molecule has 2 fully saturated rings. The van der Waals surface area contributed by atoms with Crippen molar-refractivity contribution in [2.45, 2.75) is 83.4 Å². The van der Waals surface area contributed by atoms with Gasteiger partial charge in [0.05, 0.1) is 12.8 Å². The smallest absolute Gasteiger partial charge is 0.410 e. The first kappa shape index (κ1) is 36.6. The van der Waals surface area contributed by atoms with E-state index in [4.69, 9.17) is 10.2 Å². The largest absolute Gasteiger partial charge is 0.479 e. The van der Waals surface area contributed by atoms with Crippen LogP contribution in [-0.4, -0.2) is 92.7 Å². The highest BCUT2D eigenvalue weighted by atomic mass is 19.4. The summed E-state index contributed by atoms with van der Waals surface area (Å²) >= 11 is 0. The highest BCUT2D eigenvalue weighted by Gasteiger charge is 3.08. The van der Waals surface area contributed by atoms with Gasteiger partial charge in [-0.1, -0.05) is 0 Å². The first-order valence-corrected chi connectivity index (χ1v) is 9.93. The topological polar surface area (TPSA) is 74.6 Å². The monoisotopic (exact) mass is 692 g/mol. The second-order valence-corrected chi connectivity index (χ2v) is 9.34. The van der Waals surface area contributed by atoms with Crippen molar-refractivity contribution in [3.63, 3.8) is 0 Å². The number of carboxylic acid groups (broad SMARTS) is 2. The number of aliphatic carboxylic acids is 2. The molecular formula is C17H6F22O4. The van der Waals surface area contributed by atoms with Gasteiger partial charge in [-0.15, -0.1) is 0 Å². The molecule has 0 heterocycles. The Labute approximate surface area is 218 Å². The summed E-state index contributed by atoms with van der Waals surface area (Å²) in [5, 5.41) is 16.8. The van der Waals surface area contributed by atoms with E-state index in [1.807, 2.05) is 0 Å². The molecule has 252 valence electrons. The second kappa shape index (κ2) is 8.35. The maximum Gasteiger partial charge on any atom is 0.410 e. The maximum absolute atomic E-state index is 15.8. The molecule has 0 amide bonds. The molecule has 2 aliphatic rings. The van der Waals surface area contributed by atoms with E-state index in [0.29, 0.717) is 0 Å². The van der Waals surface area contributed by atoms with E-state index >= 15 is 8.78 Å². The fourth-order valence-electron chi connectivity index (χ4n) is 5.15. The molecule has 43 heavy (non-hydrogen) atoms. The molecule has 2 rings (SSSR count). The second-order valence-electron chi connectivity index (χ2n) is 9.34. The van der Waals surface area contributed by atoms with Crippen LogP contribution in [0.4, 0.5) is 96.6 Å². The third-order valence-electron chi connectivity index (χ3n) is 7.20. The van der Waals surface area contributed by atoms with Crippen LogP contribution in [0.2, 0.25) is 0 Å². The van der Waals surface area contributed by atoms with Gasteiger partial charge in [0.1, 0.15) is 0 Å². The zero-order valence-electron chi connectivity index (χ0n) is 18.9. The van der Waals surface area contributed by atoms with Crippen molar-refractivity contribution >= 4 is 11.9 Å². The summed E-state index contributed by atoms with van der Waals surface area (Å²) in [5.41, 5.74) is -43.5. The van der Waals surface area contributed by atoms with Gasteiger partial charge in [-0.2, -0.15) is 79.0 Å². The normalized spacial score (nSPS) is 38.3. The van der Waals surface area contributed by atoms with Crippen LogP contribution in [0.5, 0.6) is 0 Å². The number of halogens is 22. The SMILES string of the molecule is O=C(O)C1(F)C(F)(F)C(F)(F)CC(F)(C(C(F)(F)F)(C(F)(F)F)C2(F)CC(F)(F)C(F)(F)C(F)(C(=O)O)C2(F)F)C1(F)F. The summed E-state index contributed by atoms with van der Waals surface area (Å²) in [6.07, 6.45) is -29.3.